The van der Waals surface area contributed by atoms with Crippen LogP contribution in [0.2, 0.25) is 0 Å². The van der Waals surface area contributed by atoms with E-state index in [1.165, 1.54) is 0 Å². The van der Waals surface area contributed by atoms with E-state index in [-0.39, 0.29) is 7.43 Å². The Morgan fingerprint density at radius 1 is 1.33 bits per heavy atom. The smallest absolute Gasteiger partial charge is 0.0574 e. The first-order valence-corrected chi connectivity index (χ1v) is 1.49. The fourth-order valence-corrected chi connectivity index (χ4v) is 0. The first kappa shape index (κ1) is 9.33. The van der Waals surface area contributed by atoms with Crippen LogP contribution in [0.5, 0.6) is 0 Å². The van der Waals surface area contributed by atoms with E-state index in [0.717, 1.165) is 0 Å². The van der Waals surface area contributed by atoms with Crippen LogP contribution in [-0.4, -0.2) is 26.3 Å². The molecule has 0 unspecified atom stereocenters. The van der Waals surface area contributed by atoms with Crippen LogP contribution < -0.4 is 0 Å². The Bertz CT molecular complexity index is 21.5. The second kappa shape index (κ2) is 4.92. The zero-order valence-electron chi connectivity index (χ0n) is 3.86. The second-order valence-corrected chi connectivity index (χ2v) is 0.995. The molecule has 0 atom stereocenters. The fourth-order valence-electron chi connectivity index (χ4n) is 0. The average Bonchev–Trinajstić information content (AvgIpc) is 1.38. The molecule has 0 aromatic rings. The lowest BCUT2D eigenvalue weighted by Crippen LogP contribution is -2.07. The van der Waals surface area contributed by atoms with Crippen LogP contribution in [0.1, 0.15) is 7.43 Å². The summed E-state index contributed by atoms with van der Waals surface area (Å²) in [6.07, 6.45) is 0. The van der Waals surface area contributed by atoms with Gasteiger partial charge >= 0.3 is 0 Å². The maximum atomic E-state index is 4.58. The maximum Gasteiger partial charge on any atom is 0.0574 e. The molecule has 2 heteroatoms. The van der Waals surface area contributed by atoms with Crippen LogP contribution in [-0.2, 0) is 4.84 Å². The molecule has 0 bridgehead atoms. The van der Waals surface area contributed by atoms with E-state index in [4.69, 9.17) is 0 Å². The normalized spacial score (nSPS) is 8.00. The summed E-state index contributed by atoms with van der Waals surface area (Å²) in [6.45, 7) is 0. The van der Waals surface area contributed by atoms with Crippen molar-refractivity contribution in [3.05, 3.63) is 0 Å². The lowest BCUT2D eigenvalue weighted by atomic mass is 11.2. The Hall–Kier alpha value is -0.0800. The van der Waals surface area contributed by atoms with Crippen molar-refractivity contribution in [2.45, 2.75) is 7.43 Å². The van der Waals surface area contributed by atoms with Crippen molar-refractivity contribution in [3.8, 4) is 0 Å². The largest absolute Gasteiger partial charge is 0.303 e. The molecule has 0 spiro atoms. The van der Waals surface area contributed by atoms with Gasteiger partial charge in [-0.3, -0.25) is 0 Å². The zero-order chi connectivity index (χ0) is 4.28. The third kappa shape index (κ3) is 9.07. The van der Waals surface area contributed by atoms with Gasteiger partial charge in [-0.2, -0.15) is 5.06 Å². The highest BCUT2D eigenvalue weighted by molar-refractivity contribution is 3.97. The molecule has 0 radical (unpaired) electrons. The Morgan fingerprint density at radius 2 is 1.50 bits per heavy atom. The number of hydrogen-bond acceptors (Lipinski definition) is 2. The van der Waals surface area contributed by atoms with Crippen molar-refractivity contribution in [3.63, 3.8) is 0 Å². The standard InChI is InChI=1S/C3H9NO.CH4/c1-4(2)5-3;/h1-3H3;1H4. The monoisotopic (exact) mass is 91.1 g/mol. The highest BCUT2D eigenvalue weighted by Crippen LogP contribution is 1.64. The highest BCUT2D eigenvalue weighted by atomic mass is 16.7. The van der Waals surface area contributed by atoms with Gasteiger partial charge in [-0.15, -0.1) is 0 Å². The first-order valence-electron chi connectivity index (χ1n) is 1.49. The molecule has 0 aliphatic heterocycles. The van der Waals surface area contributed by atoms with E-state index in [2.05, 4.69) is 4.84 Å². The lowest BCUT2D eigenvalue weighted by molar-refractivity contribution is -0.0855. The minimum atomic E-state index is 0. The van der Waals surface area contributed by atoms with Crippen molar-refractivity contribution in [1.82, 2.24) is 5.06 Å². The van der Waals surface area contributed by atoms with Gasteiger partial charge in [0.25, 0.3) is 0 Å². The Labute approximate surface area is 39.7 Å². The Balaban J connectivity index is 0. The van der Waals surface area contributed by atoms with E-state index in [1.54, 1.807) is 12.2 Å². The van der Waals surface area contributed by atoms with E-state index in [9.17, 15) is 0 Å². The molecule has 0 heterocycles. The van der Waals surface area contributed by atoms with E-state index in [1.807, 2.05) is 14.1 Å². The van der Waals surface area contributed by atoms with Crippen LogP contribution in [0.15, 0.2) is 0 Å². The van der Waals surface area contributed by atoms with Gasteiger partial charge in [-0.05, 0) is 0 Å². The predicted molar refractivity (Wildman–Crippen MR) is 27.4 cm³/mol. The van der Waals surface area contributed by atoms with E-state index < -0.39 is 0 Å². The third-order valence-corrected chi connectivity index (χ3v) is 0.365. The molecule has 6 heavy (non-hydrogen) atoms. The summed E-state index contributed by atoms with van der Waals surface area (Å²) >= 11 is 0. The molecule has 0 aliphatic rings. The summed E-state index contributed by atoms with van der Waals surface area (Å²) in [5.41, 5.74) is 0. The van der Waals surface area contributed by atoms with Crippen LogP contribution in [0.3, 0.4) is 0 Å². The number of hydroxylamine groups is 2. The van der Waals surface area contributed by atoms with Crippen molar-refractivity contribution in [2.75, 3.05) is 21.2 Å². The van der Waals surface area contributed by atoms with Gasteiger partial charge in [0, 0.05) is 14.1 Å². The molecule has 0 fully saturated rings. The molecular weight excluding hydrogens is 78.0 g/mol. The molecule has 2 nitrogen and oxygen atoms in total. The average molecular weight is 91.2 g/mol. The van der Waals surface area contributed by atoms with Crippen LogP contribution >= 0.6 is 0 Å². The highest BCUT2D eigenvalue weighted by Gasteiger charge is 1.70. The topological polar surface area (TPSA) is 12.5 Å². The minimum absolute atomic E-state index is 0. The van der Waals surface area contributed by atoms with Gasteiger partial charge in [-0.1, -0.05) is 7.43 Å². The maximum absolute atomic E-state index is 4.58. The molecule has 0 rings (SSSR count). The Kier molecular flexibility index (Phi) is 7.65. The number of hydrogen-bond donors (Lipinski definition) is 0. The van der Waals surface area contributed by atoms with Gasteiger partial charge in [0.1, 0.15) is 0 Å². The lowest BCUT2D eigenvalue weighted by Gasteiger charge is -2.01. The van der Waals surface area contributed by atoms with Crippen LogP contribution in [0.4, 0.5) is 0 Å². The summed E-state index contributed by atoms with van der Waals surface area (Å²) in [6, 6.07) is 0. The molecule has 0 aromatic heterocycles. The molecule has 0 saturated carbocycles. The molecule has 0 saturated heterocycles. The number of nitrogens with zero attached hydrogens (tertiary/aromatic N) is 1. The van der Waals surface area contributed by atoms with Crippen molar-refractivity contribution < 1.29 is 4.84 Å². The van der Waals surface area contributed by atoms with Crippen molar-refractivity contribution in [1.29, 1.82) is 0 Å². The van der Waals surface area contributed by atoms with E-state index in [0.29, 0.717) is 0 Å². The summed E-state index contributed by atoms with van der Waals surface area (Å²) in [5, 5.41) is 1.62. The summed E-state index contributed by atoms with van der Waals surface area (Å²) in [5.74, 6) is 0. The van der Waals surface area contributed by atoms with Crippen LogP contribution in [0.25, 0.3) is 0 Å². The first-order chi connectivity index (χ1) is 2.27. The van der Waals surface area contributed by atoms with E-state index >= 15 is 0 Å². The molecular formula is C4H13NO. The third-order valence-electron chi connectivity index (χ3n) is 0.365. The number of rotatable bonds is 1. The summed E-state index contributed by atoms with van der Waals surface area (Å²) in [4.78, 5) is 4.58. The van der Waals surface area contributed by atoms with Gasteiger partial charge in [-0.25, -0.2) is 0 Å². The van der Waals surface area contributed by atoms with Crippen LogP contribution in [0, 0.1) is 0 Å². The molecule has 0 N–H and O–H groups in total. The summed E-state index contributed by atoms with van der Waals surface area (Å²) in [7, 11) is 5.29. The van der Waals surface area contributed by atoms with Crippen molar-refractivity contribution in [2.24, 2.45) is 0 Å². The molecule has 0 amide bonds. The zero-order valence-corrected chi connectivity index (χ0v) is 3.86. The second-order valence-electron chi connectivity index (χ2n) is 0.995. The van der Waals surface area contributed by atoms with Gasteiger partial charge < -0.3 is 4.84 Å². The SMILES string of the molecule is C.CON(C)C. The molecule has 0 aliphatic carbocycles. The van der Waals surface area contributed by atoms with Crippen molar-refractivity contribution >= 4 is 0 Å². The Morgan fingerprint density at radius 3 is 1.50 bits per heavy atom. The molecule has 0 aromatic carbocycles. The minimum Gasteiger partial charge on any atom is -0.303 e. The van der Waals surface area contributed by atoms with Gasteiger partial charge in [0.05, 0.1) is 7.11 Å². The van der Waals surface area contributed by atoms with Gasteiger partial charge in [0.2, 0.25) is 0 Å². The predicted octanol–water partition coefficient (Wildman–Crippen LogP) is 0.746. The van der Waals surface area contributed by atoms with Gasteiger partial charge in [0.15, 0.2) is 0 Å². The fraction of sp³-hybridized carbons (Fsp3) is 1.00. The summed E-state index contributed by atoms with van der Waals surface area (Å²) < 4.78 is 0. The molecule has 40 valence electrons. The quantitative estimate of drug-likeness (QED) is 0.441.